The third-order valence-electron chi connectivity index (χ3n) is 2.40. The highest BCUT2D eigenvalue weighted by Gasteiger charge is 2.18. The molecule has 1 aliphatic heterocycles. The van der Waals surface area contributed by atoms with Crippen LogP contribution in [0.1, 0.15) is 32.9 Å². The normalized spacial score (nSPS) is 17.0. The van der Waals surface area contributed by atoms with E-state index in [1.165, 1.54) is 0 Å². The molecule has 0 saturated heterocycles. The number of aryl methyl sites for hydroxylation is 1. The molecule has 1 N–H and O–H groups in total. The zero-order chi connectivity index (χ0) is 12.5. The molecule has 0 unspecified atom stereocenters. The Hall–Kier alpha value is -1.78. The van der Waals surface area contributed by atoms with Gasteiger partial charge in [-0.3, -0.25) is 0 Å². The number of hydrogen-bond acceptors (Lipinski definition) is 3. The molecule has 2 heterocycles. The fourth-order valence-corrected chi connectivity index (χ4v) is 1.75. The number of rotatable bonds is 1. The van der Waals surface area contributed by atoms with Crippen LogP contribution in [-0.4, -0.2) is 22.0 Å². The largest absolute Gasteiger partial charge is 0.443 e. The molecule has 1 aromatic rings. The number of carbonyl (C=O) groups excluding carboxylic acids is 1. The summed E-state index contributed by atoms with van der Waals surface area (Å²) in [4.78, 5) is 11.4. The summed E-state index contributed by atoms with van der Waals surface area (Å²) < 4.78 is 7.21. The summed E-state index contributed by atoms with van der Waals surface area (Å²) in [5.41, 5.74) is 3.87. The molecule has 0 bridgehead atoms. The lowest BCUT2D eigenvalue weighted by atomic mass is 10.2. The Kier molecular flexibility index (Phi) is 2.92. The van der Waals surface area contributed by atoms with Crippen LogP contribution in [0.3, 0.4) is 0 Å². The maximum atomic E-state index is 11.4. The van der Waals surface area contributed by atoms with Crippen molar-refractivity contribution in [3.63, 3.8) is 0 Å². The lowest BCUT2D eigenvalue weighted by Gasteiger charge is -2.18. The Bertz CT molecular complexity index is 455. The van der Waals surface area contributed by atoms with Crippen molar-refractivity contribution in [1.82, 2.24) is 9.99 Å². The summed E-state index contributed by atoms with van der Waals surface area (Å²) in [5.74, 6) is 0. The maximum absolute atomic E-state index is 11.4. The average molecular weight is 235 g/mol. The van der Waals surface area contributed by atoms with Crippen LogP contribution in [0, 0.1) is 0 Å². The van der Waals surface area contributed by atoms with Crippen molar-refractivity contribution in [2.45, 2.75) is 39.3 Å². The van der Waals surface area contributed by atoms with E-state index in [1.807, 2.05) is 39.1 Å². The SMILES string of the molecule is CC(C)(C)OC(=O)N/N=C1/CCn2cccc21. The van der Waals surface area contributed by atoms with Gasteiger partial charge in [-0.1, -0.05) is 0 Å². The molecule has 0 spiro atoms. The van der Waals surface area contributed by atoms with Crippen molar-refractivity contribution in [1.29, 1.82) is 0 Å². The molecule has 0 aliphatic carbocycles. The van der Waals surface area contributed by atoms with Crippen LogP contribution in [0.25, 0.3) is 0 Å². The zero-order valence-corrected chi connectivity index (χ0v) is 10.4. The first-order chi connectivity index (χ1) is 7.96. The number of hydrogen-bond donors (Lipinski definition) is 1. The van der Waals surface area contributed by atoms with E-state index in [2.05, 4.69) is 15.1 Å². The van der Waals surface area contributed by atoms with Crippen LogP contribution in [-0.2, 0) is 11.3 Å². The van der Waals surface area contributed by atoms with Crippen LogP contribution < -0.4 is 5.43 Å². The van der Waals surface area contributed by atoms with Gasteiger partial charge in [-0.15, -0.1) is 0 Å². The van der Waals surface area contributed by atoms with Gasteiger partial charge < -0.3 is 9.30 Å². The predicted octanol–water partition coefficient (Wildman–Crippen LogP) is 2.12. The number of carbonyl (C=O) groups is 1. The van der Waals surface area contributed by atoms with Crippen molar-refractivity contribution in [3.05, 3.63) is 24.0 Å². The second-order valence-electron chi connectivity index (χ2n) is 5.01. The third kappa shape index (κ3) is 2.87. The van der Waals surface area contributed by atoms with Gasteiger partial charge in [-0.05, 0) is 32.9 Å². The molecule has 2 rings (SSSR count). The molecule has 0 aromatic carbocycles. The molecule has 5 nitrogen and oxygen atoms in total. The van der Waals surface area contributed by atoms with Crippen molar-refractivity contribution in [3.8, 4) is 0 Å². The zero-order valence-electron chi connectivity index (χ0n) is 10.4. The average Bonchev–Trinajstić information content (AvgIpc) is 2.73. The van der Waals surface area contributed by atoms with Crippen molar-refractivity contribution in [2.75, 3.05) is 0 Å². The number of ether oxygens (including phenoxy) is 1. The van der Waals surface area contributed by atoms with E-state index in [0.29, 0.717) is 0 Å². The van der Waals surface area contributed by atoms with Gasteiger partial charge in [-0.2, -0.15) is 5.10 Å². The van der Waals surface area contributed by atoms with Gasteiger partial charge in [-0.25, -0.2) is 10.2 Å². The molecular formula is C12H17N3O2. The first-order valence-electron chi connectivity index (χ1n) is 5.67. The molecule has 0 saturated carbocycles. The minimum Gasteiger partial charge on any atom is -0.443 e. The monoisotopic (exact) mass is 235 g/mol. The summed E-state index contributed by atoms with van der Waals surface area (Å²) in [6, 6.07) is 3.96. The quantitative estimate of drug-likeness (QED) is 0.758. The molecule has 17 heavy (non-hydrogen) atoms. The van der Waals surface area contributed by atoms with E-state index in [4.69, 9.17) is 4.74 Å². The smallest absolute Gasteiger partial charge is 0.428 e. The van der Waals surface area contributed by atoms with Gasteiger partial charge in [0, 0.05) is 19.2 Å². The Morgan fingerprint density at radius 3 is 3.00 bits per heavy atom. The third-order valence-corrected chi connectivity index (χ3v) is 2.40. The van der Waals surface area contributed by atoms with Gasteiger partial charge in [0.2, 0.25) is 0 Å². The lowest BCUT2D eigenvalue weighted by Crippen LogP contribution is -2.30. The van der Waals surface area contributed by atoms with Crippen LogP contribution in [0.5, 0.6) is 0 Å². The molecule has 1 aromatic heterocycles. The van der Waals surface area contributed by atoms with E-state index in [9.17, 15) is 4.79 Å². The van der Waals surface area contributed by atoms with Gasteiger partial charge in [0.15, 0.2) is 0 Å². The number of hydrazone groups is 1. The summed E-state index contributed by atoms with van der Waals surface area (Å²) in [6.07, 6.45) is 2.33. The fourth-order valence-electron chi connectivity index (χ4n) is 1.75. The number of nitrogens with zero attached hydrogens (tertiary/aromatic N) is 2. The second-order valence-corrected chi connectivity index (χ2v) is 5.01. The van der Waals surface area contributed by atoms with Crippen LogP contribution >= 0.6 is 0 Å². The summed E-state index contributed by atoms with van der Waals surface area (Å²) in [5, 5.41) is 4.09. The van der Waals surface area contributed by atoms with Gasteiger partial charge >= 0.3 is 6.09 Å². The van der Waals surface area contributed by atoms with E-state index >= 15 is 0 Å². The van der Waals surface area contributed by atoms with Crippen LogP contribution in [0.15, 0.2) is 23.4 Å². The topological polar surface area (TPSA) is 55.6 Å². The van der Waals surface area contributed by atoms with Gasteiger partial charge in [0.25, 0.3) is 0 Å². The van der Waals surface area contributed by atoms with Gasteiger partial charge in [0.05, 0.1) is 11.4 Å². The van der Waals surface area contributed by atoms with E-state index in [1.54, 1.807) is 0 Å². The fraction of sp³-hybridized carbons (Fsp3) is 0.500. The van der Waals surface area contributed by atoms with Crippen molar-refractivity contribution in [2.24, 2.45) is 5.10 Å². The molecule has 0 radical (unpaired) electrons. The standard InChI is InChI=1S/C12H17N3O2/c1-12(2,3)17-11(16)14-13-9-6-8-15-7-4-5-10(9)15/h4-5,7H,6,8H2,1-3H3,(H,14,16)/b13-9-. The number of amides is 1. The highest BCUT2D eigenvalue weighted by Crippen LogP contribution is 2.15. The summed E-state index contributed by atoms with van der Waals surface area (Å²) >= 11 is 0. The predicted molar refractivity (Wildman–Crippen MR) is 65.0 cm³/mol. The molecule has 1 amide bonds. The van der Waals surface area contributed by atoms with Crippen LogP contribution in [0.2, 0.25) is 0 Å². The van der Waals surface area contributed by atoms with E-state index in [-0.39, 0.29) is 0 Å². The summed E-state index contributed by atoms with van der Waals surface area (Å²) in [6.45, 7) is 6.37. The second kappa shape index (κ2) is 4.24. The minimum atomic E-state index is -0.519. The Labute approximate surface area is 100 Å². The lowest BCUT2D eigenvalue weighted by molar-refractivity contribution is 0.0529. The van der Waals surface area contributed by atoms with Crippen molar-refractivity contribution < 1.29 is 9.53 Å². The molecule has 0 fully saturated rings. The Morgan fingerprint density at radius 2 is 2.29 bits per heavy atom. The molecule has 5 heteroatoms. The first kappa shape index (κ1) is 11.7. The van der Waals surface area contributed by atoms with Crippen molar-refractivity contribution >= 4 is 11.8 Å². The maximum Gasteiger partial charge on any atom is 0.428 e. The molecule has 92 valence electrons. The minimum absolute atomic E-state index is 0.500. The Morgan fingerprint density at radius 1 is 1.53 bits per heavy atom. The molecule has 1 aliphatic rings. The molecular weight excluding hydrogens is 218 g/mol. The van der Waals surface area contributed by atoms with Crippen LogP contribution in [0.4, 0.5) is 4.79 Å². The number of aromatic nitrogens is 1. The molecule has 0 atom stereocenters. The number of fused-ring (bicyclic) bond motifs is 1. The van der Waals surface area contributed by atoms with E-state index < -0.39 is 11.7 Å². The highest BCUT2D eigenvalue weighted by molar-refractivity contribution is 6.01. The highest BCUT2D eigenvalue weighted by atomic mass is 16.6. The number of nitrogens with one attached hydrogen (secondary N) is 1. The first-order valence-corrected chi connectivity index (χ1v) is 5.67. The Balaban J connectivity index is 1.97. The summed E-state index contributed by atoms with van der Waals surface area (Å²) in [7, 11) is 0. The van der Waals surface area contributed by atoms with E-state index in [0.717, 1.165) is 24.4 Å². The van der Waals surface area contributed by atoms with Gasteiger partial charge in [0.1, 0.15) is 5.60 Å².